The van der Waals surface area contributed by atoms with Crippen LogP contribution in [-0.2, 0) is 0 Å². The van der Waals surface area contributed by atoms with E-state index in [1.54, 1.807) is 18.6 Å². The van der Waals surface area contributed by atoms with Crippen molar-refractivity contribution in [2.75, 3.05) is 0 Å². The van der Waals surface area contributed by atoms with Crippen LogP contribution in [0.2, 0.25) is 0 Å². The van der Waals surface area contributed by atoms with E-state index in [0.717, 1.165) is 21.9 Å². The van der Waals surface area contributed by atoms with E-state index < -0.39 is 0 Å². The van der Waals surface area contributed by atoms with Gasteiger partial charge in [-0.1, -0.05) is 18.2 Å². The van der Waals surface area contributed by atoms with Gasteiger partial charge in [0.15, 0.2) is 0 Å². The van der Waals surface area contributed by atoms with Crippen LogP contribution in [0.1, 0.15) is 0 Å². The lowest BCUT2D eigenvalue weighted by Gasteiger charge is -2.01. The van der Waals surface area contributed by atoms with Gasteiger partial charge >= 0.3 is 0 Å². The van der Waals surface area contributed by atoms with E-state index in [4.69, 9.17) is 4.42 Å². The summed E-state index contributed by atoms with van der Waals surface area (Å²) < 4.78 is 18.0. The summed E-state index contributed by atoms with van der Waals surface area (Å²) in [5.41, 5.74) is 2.11. The van der Waals surface area contributed by atoms with Crippen LogP contribution < -0.4 is 0 Å². The van der Waals surface area contributed by atoms with Crippen LogP contribution in [0.5, 0.6) is 0 Å². The maximum atomic E-state index is 13.0. The Balaban J connectivity index is 2.20. The van der Waals surface area contributed by atoms with Crippen molar-refractivity contribution in [1.29, 1.82) is 0 Å². The average molecular weight is 212 g/mol. The minimum absolute atomic E-state index is 0.205. The summed E-state index contributed by atoms with van der Waals surface area (Å²) in [4.78, 5) is 0. The van der Waals surface area contributed by atoms with E-state index in [1.165, 1.54) is 12.1 Å². The van der Waals surface area contributed by atoms with Gasteiger partial charge < -0.3 is 4.42 Å². The molecule has 3 rings (SSSR count). The van der Waals surface area contributed by atoms with Crippen LogP contribution in [0.4, 0.5) is 4.39 Å². The van der Waals surface area contributed by atoms with Crippen molar-refractivity contribution in [2.45, 2.75) is 0 Å². The maximum Gasteiger partial charge on any atom is 0.123 e. The fourth-order valence-corrected chi connectivity index (χ4v) is 1.82. The second-order valence-electron chi connectivity index (χ2n) is 3.72. The van der Waals surface area contributed by atoms with Crippen molar-refractivity contribution in [3.8, 4) is 11.1 Å². The molecule has 0 atom stereocenters. The van der Waals surface area contributed by atoms with Crippen molar-refractivity contribution in [3.05, 3.63) is 60.8 Å². The summed E-state index contributed by atoms with van der Waals surface area (Å²) >= 11 is 0. The topological polar surface area (TPSA) is 13.1 Å². The SMILES string of the molecule is Fc1ccc2cc(-c3ccoc3)ccc2c1. The summed E-state index contributed by atoms with van der Waals surface area (Å²) in [6.07, 6.45) is 3.34. The Morgan fingerprint density at radius 1 is 0.812 bits per heavy atom. The van der Waals surface area contributed by atoms with Crippen LogP contribution in [0.15, 0.2) is 59.4 Å². The van der Waals surface area contributed by atoms with Gasteiger partial charge in [0.25, 0.3) is 0 Å². The van der Waals surface area contributed by atoms with Crippen molar-refractivity contribution in [3.63, 3.8) is 0 Å². The highest BCUT2D eigenvalue weighted by atomic mass is 19.1. The zero-order valence-electron chi connectivity index (χ0n) is 8.48. The Morgan fingerprint density at radius 3 is 2.44 bits per heavy atom. The van der Waals surface area contributed by atoms with E-state index >= 15 is 0 Å². The van der Waals surface area contributed by atoms with Crippen LogP contribution in [0.25, 0.3) is 21.9 Å². The number of hydrogen-bond acceptors (Lipinski definition) is 1. The zero-order chi connectivity index (χ0) is 11.0. The molecule has 0 aliphatic rings. The third-order valence-corrected chi connectivity index (χ3v) is 2.66. The summed E-state index contributed by atoms with van der Waals surface area (Å²) in [7, 11) is 0. The Hall–Kier alpha value is -2.09. The Labute approximate surface area is 92.1 Å². The molecule has 1 aromatic heterocycles. The smallest absolute Gasteiger partial charge is 0.123 e. The van der Waals surface area contributed by atoms with E-state index in [-0.39, 0.29) is 5.82 Å². The quantitative estimate of drug-likeness (QED) is 0.588. The largest absolute Gasteiger partial charge is 0.472 e. The molecule has 78 valence electrons. The number of halogens is 1. The van der Waals surface area contributed by atoms with Gasteiger partial charge in [0, 0.05) is 5.56 Å². The predicted molar refractivity (Wildman–Crippen MR) is 61.6 cm³/mol. The van der Waals surface area contributed by atoms with Crippen LogP contribution in [-0.4, -0.2) is 0 Å². The third kappa shape index (κ3) is 1.48. The van der Waals surface area contributed by atoms with Gasteiger partial charge in [-0.25, -0.2) is 4.39 Å². The lowest BCUT2D eigenvalue weighted by Crippen LogP contribution is -1.78. The van der Waals surface area contributed by atoms with Crippen LogP contribution in [0.3, 0.4) is 0 Å². The molecule has 16 heavy (non-hydrogen) atoms. The molecule has 0 saturated heterocycles. The molecule has 2 aromatic carbocycles. The molecule has 0 bridgehead atoms. The van der Waals surface area contributed by atoms with Crippen molar-refractivity contribution in [1.82, 2.24) is 0 Å². The second kappa shape index (κ2) is 3.49. The minimum Gasteiger partial charge on any atom is -0.472 e. The molecule has 1 heterocycles. The molecular weight excluding hydrogens is 203 g/mol. The first kappa shape index (κ1) is 9.16. The van der Waals surface area contributed by atoms with Gasteiger partial charge in [0.05, 0.1) is 12.5 Å². The number of rotatable bonds is 1. The van der Waals surface area contributed by atoms with Gasteiger partial charge in [-0.15, -0.1) is 0 Å². The highest BCUT2D eigenvalue weighted by Crippen LogP contribution is 2.25. The van der Waals surface area contributed by atoms with Crippen molar-refractivity contribution in [2.24, 2.45) is 0 Å². The zero-order valence-corrected chi connectivity index (χ0v) is 8.48. The average Bonchev–Trinajstić information content (AvgIpc) is 2.82. The standard InChI is InChI=1S/C14H9FO/c15-14-4-3-10-7-11(1-2-12(10)8-14)13-5-6-16-9-13/h1-9H. The number of furan rings is 1. The van der Waals surface area contributed by atoms with Crippen LogP contribution in [0, 0.1) is 5.82 Å². The molecule has 2 heteroatoms. The highest BCUT2D eigenvalue weighted by Gasteiger charge is 2.01. The first-order valence-electron chi connectivity index (χ1n) is 5.05. The van der Waals surface area contributed by atoms with Crippen molar-refractivity contribution >= 4 is 10.8 Å². The van der Waals surface area contributed by atoms with Gasteiger partial charge in [-0.05, 0) is 40.6 Å². The highest BCUT2D eigenvalue weighted by molar-refractivity contribution is 5.87. The first-order valence-corrected chi connectivity index (χ1v) is 5.05. The predicted octanol–water partition coefficient (Wildman–Crippen LogP) is 4.24. The van der Waals surface area contributed by atoms with Crippen molar-refractivity contribution < 1.29 is 8.81 Å². The monoisotopic (exact) mass is 212 g/mol. The molecule has 0 saturated carbocycles. The van der Waals surface area contributed by atoms with Gasteiger partial charge in [-0.2, -0.15) is 0 Å². The summed E-state index contributed by atoms with van der Waals surface area (Å²) in [5, 5.41) is 1.94. The van der Waals surface area contributed by atoms with E-state index in [0.29, 0.717) is 0 Å². The lowest BCUT2D eigenvalue weighted by molar-refractivity contribution is 0.568. The number of fused-ring (bicyclic) bond motifs is 1. The van der Waals surface area contributed by atoms with Gasteiger partial charge in [-0.3, -0.25) is 0 Å². The number of hydrogen-bond donors (Lipinski definition) is 0. The van der Waals surface area contributed by atoms with E-state index in [9.17, 15) is 4.39 Å². The fourth-order valence-electron chi connectivity index (χ4n) is 1.82. The molecule has 0 N–H and O–H groups in total. The Bertz CT molecular complexity index is 626. The maximum absolute atomic E-state index is 13.0. The fraction of sp³-hybridized carbons (Fsp3) is 0. The summed E-state index contributed by atoms with van der Waals surface area (Å²) in [5.74, 6) is -0.205. The minimum atomic E-state index is -0.205. The third-order valence-electron chi connectivity index (χ3n) is 2.66. The number of benzene rings is 2. The molecule has 0 amide bonds. The normalized spacial score (nSPS) is 10.8. The molecule has 1 nitrogen and oxygen atoms in total. The molecule has 0 fully saturated rings. The molecule has 0 spiro atoms. The summed E-state index contributed by atoms with van der Waals surface area (Å²) in [6.45, 7) is 0. The Kier molecular flexibility index (Phi) is 2.00. The van der Waals surface area contributed by atoms with Crippen LogP contribution >= 0.6 is 0 Å². The molecule has 0 aliphatic heterocycles. The Morgan fingerprint density at radius 2 is 1.62 bits per heavy atom. The van der Waals surface area contributed by atoms with Gasteiger partial charge in [0.2, 0.25) is 0 Å². The molecule has 0 aliphatic carbocycles. The lowest BCUT2D eigenvalue weighted by atomic mass is 10.0. The first-order chi connectivity index (χ1) is 7.83. The molecule has 3 aromatic rings. The molecule has 0 unspecified atom stereocenters. The van der Waals surface area contributed by atoms with E-state index in [1.807, 2.05) is 24.3 Å². The summed E-state index contributed by atoms with van der Waals surface area (Å²) in [6, 6.07) is 12.6. The van der Waals surface area contributed by atoms with Gasteiger partial charge in [0.1, 0.15) is 5.82 Å². The van der Waals surface area contributed by atoms with E-state index in [2.05, 4.69) is 0 Å². The molecule has 0 radical (unpaired) electrons. The molecular formula is C14H9FO. The second-order valence-corrected chi connectivity index (χ2v) is 3.72.